The number of hydrogen-bond donors (Lipinski definition) is 1. The highest BCUT2D eigenvalue weighted by Crippen LogP contribution is 2.37. The van der Waals surface area contributed by atoms with Gasteiger partial charge in [-0.1, -0.05) is 0 Å². The van der Waals surface area contributed by atoms with Crippen LogP contribution in [-0.2, 0) is 11.3 Å². The molecule has 23 heavy (non-hydrogen) atoms. The van der Waals surface area contributed by atoms with E-state index in [1.807, 2.05) is 13.1 Å². The second-order valence-corrected chi connectivity index (χ2v) is 5.52. The molecule has 0 unspecified atom stereocenters. The minimum atomic E-state index is -0.410. The van der Waals surface area contributed by atoms with Crippen LogP contribution < -0.4 is 0 Å². The Morgan fingerprint density at radius 1 is 1.39 bits per heavy atom. The Kier molecular flexibility index (Phi) is 2.94. The first kappa shape index (κ1) is 13.9. The first-order valence-corrected chi connectivity index (χ1v) is 7.71. The molecule has 0 aliphatic heterocycles. The molecule has 0 aliphatic rings. The summed E-state index contributed by atoms with van der Waals surface area (Å²) in [5.74, 6) is -0.410. The van der Waals surface area contributed by atoms with Gasteiger partial charge in [-0.3, -0.25) is 0 Å². The average Bonchev–Trinajstić information content (AvgIpc) is 3.22. The normalized spacial score (nSPS) is 11.8. The molecule has 4 aromatic rings. The number of fused-ring (bicyclic) bond motifs is 6. The predicted molar refractivity (Wildman–Crippen MR) is 87.7 cm³/mol. The van der Waals surface area contributed by atoms with Gasteiger partial charge in [0.05, 0.1) is 23.2 Å². The van der Waals surface area contributed by atoms with E-state index in [0.29, 0.717) is 23.4 Å². The van der Waals surface area contributed by atoms with E-state index in [4.69, 9.17) is 9.26 Å². The molecule has 3 heterocycles. The number of H-pyrrole nitrogens is 1. The number of aryl methyl sites for hydroxylation is 2. The molecule has 0 atom stereocenters. The number of nitrogens with zero attached hydrogens (tertiary/aromatic N) is 2. The van der Waals surface area contributed by atoms with Crippen molar-refractivity contribution in [1.82, 2.24) is 14.7 Å². The first-order chi connectivity index (χ1) is 11.2. The zero-order valence-corrected chi connectivity index (χ0v) is 13.3. The van der Waals surface area contributed by atoms with Crippen molar-refractivity contribution in [3.63, 3.8) is 0 Å². The van der Waals surface area contributed by atoms with Crippen LogP contribution in [-0.4, -0.2) is 27.3 Å². The molecule has 1 aromatic carbocycles. The Labute approximate surface area is 132 Å². The Hall–Kier alpha value is -2.76. The lowest BCUT2D eigenvalue weighted by molar-refractivity contribution is 0.0520. The molecule has 0 radical (unpaired) electrons. The molecule has 0 fully saturated rings. The Balaban J connectivity index is 2.16. The summed E-state index contributed by atoms with van der Waals surface area (Å²) in [4.78, 5) is 16.5. The fraction of sp³-hybridized carbons (Fsp3) is 0.294. The molecular weight excluding hydrogens is 294 g/mol. The summed E-state index contributed by atoms with van der Waals surface area (Å²) in [6.07, 6.45) is 2.05. The molecule has 0 saturated heterocycles. The SMILES string of the molecule is CCOC(=O)c1cc2c3ccn(CC)c3c3c(C)[nH]oc3c2n1. The van der Waals surface area contributed by atoms with Gasteiger partial charge >= 0.3 is 5.97 Å². The quantitative estimate of drug-likeness (QED) is 0.585. The van der Waals surface area contributed by atoms with E-state index in [9.17, 15) is 4.79 Å². The van der Waals surface area contributed by atoms with Crippen molar-refractivity contribution < 1.29 is 14.1 Å². The van der Waals surface area contributed by atoms with E-state index in [0.717, 1.165) is 33.9 Å². The van der Waals surface area contributed by atoms with Crippen LogP contribution in [0, 0.1) is 6.92 Å². The number of carbonyl (C=O) groups excluding carboxylic acids is 1. The van der Waals surface area contributed by atoms with Gasteiger partial charge in [0.15, 0.2) is 5.58 Å². The zero-order valence-electron chi connectivity index (χ0n) is 13.3. The number of nitrogens with one attached hydrogen (secondary N) is 1. The number of carbonyl (C=O) groups is 1. The van der Waals surface area contributed by atoms with Crippen LogP contribution in [0.2, 0.25) is 0 Å². The largest absolute Gasteiger partial charge is 0.461 e. The van der Waals surface area contributed by atoms with Gasteiger partial charge in [-0.2, -0.15) is 0 Å². The van der Waals surface area contributed by atoms with E-state index >= 15 is 0 Å². The van der Waals surface area contributed by atoms with E-state index in [1.54, 1.807) is 13.0 Å². The second kappa shape index (κ2) is 4.87. The van der Waals surface area contributed by atoms with Crippen molar-refractivity contribution in [2.45, 2.75) is 27.3 Å². The molecule has 0 saturated carbocycles. The van der Waals surface area contributed by atoms with Crippen LogP contribution in [0.3, 0.4) is 0 Å². The van der Waals surface area contributed by atoms with Crippen molar-refractivity contribution >= 4 is 38.7 Å². The molecule has 6 nitrogen and oxygen atoms in total. The monoisotopic (exact) mass is 311 g/mol. The molecule has 1 N–H and O–H groups in total. The Morgan fingerprint density at radius 3 is 2.96 bits per heavy atom. The molecule has 3 aromatic heterocycles. The zero-order chi connectivity index (χ0) is 16.1. The molecule has 4 rings (SSSR count). The summed E-state index contributed by atoms with van der Waals surface area (Å²) >= 11 is 0. The van der Waals surface area contributed by atoms with Crippen molar-refractivity contribution in [2.24, 2.45) is 0 Å². The van der Waals surface area contributed by atoms with Crippen molar-refractivity contribution in [3.8, 4) is 0 Å². The number of aromatic nitrogens is 3. The number of esters is 1. The van der Waals surface area contributed by atoms with E-state index in [1.165, 1.54) is 0 Å². The Bertz CT molecular complexity index is 1050. The van der Waals surface area contributed by atoms with Crippen LogP contribution in [0.25, 0.3) is 32.8 Å². The molecule has 6 heteroatoms. The van der Waals surface area contributed by atoms with Crippen LogP contribution in [0.4, 0.5) is 0 Å². The number of ether oxygens (including phenoxy) is 1. The van der Waals surface area contributed by atoms with Crippen LogP contribution >= 0.6 is 0 Å². The molecule has 0 aliphatic carbocycles. The third-order valence-corrected chi connectivity index (χ3v) is 4.21. The maximum atomic E-state index is 12.0. The topological polar surface area (TPSA) is 73.0 Å². The van der Waals surface area contributed by atoms with Crippen molar-refractivity contribution in [2.75, 3.05) is 6.61 Å². The van der Waals surface area contributed by atoms with Gasteiger partial charge in [-0.05, 0) is 32.9 Å². The van der Waals surface area contributed by atoms with E-state index in [-0.39, 0.29) is 0 Å². The van der Waals surface area contributed by atoms with E-state index in [2.05, 4.69) is 27.7 Å². The third kappa shape index (κ3) is 1.81. The van der Waals surface area contributed by atoms with Gasteiger partial charge in [-0.15, -0.1) is 0 Å². The van der Waals surface area contributed by atoms with Crippen LogP contribution in [0.15, 0.2) is 22.9 Å². The third-order valence-electron chi connectivity index (χ3n) is 4.21. The smallest absolute Gasteiger partial charge is 0.356 e. The Morgan fingerprint density at radius 2 is 2.22 bits per heavy atom. The second-order valence-electron chi connectivity index (χ2n) is 5.52. The van der Waals surface area contributed by atoms with Gasteiger partial charge in [0, 0.05) is 23.5 Å². The molecule has 118 valence electrons. The van der Waals surface area contributed by atoms with Crippen molar-refractivity contribution in [1.29, 1.82) is 0 Å². The van der Waals surface area contributed by atoms with Gasteiger partial charge in [0.1, 0.15) is 11.2 Å². The van der Waals surface area contributed by atoms with Gasteiger partial charge < -0.3 is 13.8 Å². The molecule has 0 bridgehead atoms. The average molecular weight is 311 g/mol. The minimum absolute atomic E-state index is 0.314. The van der Waals surface area contributed by atoms with Gasteiger partial charge in [0.25, 0.3) is 0 Å². The number of benzene rings is 1. The molecule has 0 spiro atoms. The fourth-order valence-corrected chi connectivity index (χ4v) is 3.19. The van der Waals surface area contributed by atoms with Gasteiger partial charge in [-0.25, -0.2) is 14.9 Å². The summed E-state index contributed by atoms with van der Waals surface area (Å²) in [6.45, 7) is 7.03. The summed E-state index contributed by atoms with van der Waals surface area (Å²) in [6, 6.07) is 3.84. The maximum Gasteiger partial charge on any atom is 0.356 e. The minimum Gasteiger partial charge on any atom is -0.461 e. The lowest BCUT2D eigenvalue weighted by Gasteiger charge is -2.03. The summed E-state index contributed by atoms with van der Waals surface area (Å²) in [5.41, 5.74) is 3.72. The number of aromatic amines is 1. The maximum absolute atomic E-state index is 12.0. The lowest BCUT2D eigenvalue weighted by Crippen LogP contribution is -2.04. The number of rotatable bonds is 3. The predicted octanol–water partition coefficient (Wildman–Crippen LogP) is 3.77. The lowest BCUT2D eigenvalue weighted by atomic mass is 10.1. The van der Waals surface area contributed by atoms with Crippen LogP contribution in [0.5, 0.6) is 0 Å². The number of hydrogen-bond acceptors (Lipinski definition) is 4. The standard InChI is InChI=1S/C17H17N3O3/c1-4-20-7-6-10-11-8-12(17(21)22-5-2)18-14(11)16-13(15(10)20)9(3)19-23-16/h6-8,19H,4-5H2,1-3H3. The highest BCUT2D eigenvalue weighted by molar-refractivity contribution is 6.23. The highest BCUT2D eigenvalue weighted by atomic mass is 16.5. The first-order valence-electron chi connectivity index (χ1n) is 7.71. The fourth-order valence-electron chi connectivity index (χ4n) is 3.19. The summed E-state index contributed by atoms with van der Waals surface area (Å²) in [7, 11) is 0. The van der Waals surface area contributed by atoms with Crippen molar-refractivity contribution in [3.05, 3.63) is 29.7 Å². The summed E-state index contributed by atoms with van der Waals surface area (Å²) < 4.78 is 12.9. The van der Waals surface area contributed by atoms with Crippen LogP contribution in [0.1, 0.15) is 30.0 Å². The van der Waals surface area contributed by atoms with E-state index < -0.39 is 5.97 Å². The highest BCUT2D eigenvalue weighted by Gasteiger charge is 2.21. The molecular formula is C17H17N3O3. The van der Waals surface area contributed by atoms with Gasteiger partial charge in [0.2, 0.25) is 0 Å². The summed E-state index contributed by atoms with van der Waals surface area (Å²) in [5, 5.41) is 5.90. The molecule has 0 amide bonds.